The van der Waals surface area contributed by atoms with Gasteiger partial charge in [0, 0.05) is 29.2 Å². The highest BCUT2D eigenvalue weighted by molar-refractivity contribution is 7.90. The topological polar surface area (TPSA) is 128 Å². The van der Waals surface area contributed by atoms with Crippen molar-refractivity contribution in [2.24, 2.45) is 4.99 Å². The van der Waals surface area contributed by atoms with Gasteiger partial charge in [0.25, 0.3) is 0 Å². The highest BCUT2D eigenvalue weighted by atomic mass is 32.2. The second-order valence-electron chi connectivity index (χ2n) is 9.56. The van der Waals surface area contributed by atoms with Gasteiger partial charge in [-0.1, -0.05) is 0 Å². The van der Waals surface area contributed by atoms with Gasteiger partial charge in [0.1, 0.15) is 23.1 Å². The van der Waals surface area contributed by atoms with Crippen molar-refractivity contribution in [1.82, 2.24) is 19.7 Å². The molecule has 1 aliphatic heterocycles. The minimum absolute atomic E-state index is 0.00820. The molecule has 0 atom stereocenters. The van der Waals surface area contributed by atoms with E-state index < -0.39 is 21.2 Å². The number of aliphatic imine (C=N–C) groups is 1. The quantitative estimate of drug-likeness (QED) is 0.420. The number of halogens is 2. The summed E-state index contributed by atoms with van der Waals surface area (Å²) < 4.78 is 54.1. The molecule has 3 heterocycles. The van der Waals surface area contributed by atoms with Crippen LogP contribution < -0.4 is 11.1 Å². The minimum atomic E-state index is -3.57. The number of aromatic nitrogens is 4. The van der Waals surface area contributed by atoms with Crippen LogP contribution in [0.15, 0.2) is 40.2 Å². The SMILES string of the molecule is CC(C)(C)n1nc(-c2ccc(F)c3c2C=NC3)c2c(N)nc(Nc3ccc(S(C)(=O)=O)cc3F)nc21. The number of rotatable bonds is 4. The summed E-state index contributed by atoms with van der Waals surface area (Å²) in [6.45, 7) is 6.06. The normalized spacial score (nSPS) is 13.4. The van der Waals surface area contributed by atoms with Crippen molar-refractivity contribution in [2.45, 2.75) is 37.8 Å². The molecule has 0 radical (unpaired) electrons. The van der Waals surface area contributed by atoms with Gasteiger partial charge in [-0.25, -0.2) is 21.9 Å². The number of hydrogen-bond donors (Lipinski definition) is 2. The van der Waals surface area contributed by atoms with E-state index in [-0.39, 0.29) is 34.7 Å². The molecule has 0 saturated heterocycles. The lowest BCUT2D eigenvalue weighted by Gasteiger charge is -2.20. The average Bonchev–Trinajstić information content (AvgIpc) is 3.41. The Morgan fingerprint density at radius 2 is 1.83 bits per heavy atom. The molecule has 1 aliphatic rings. The Balaban J connectivity index is 1.67. The molecule has 2 aromatic carbocycles. The van der Waals surface area contributed by atoms with E-state index >= 15 is 0 Å². The van der Waals surface area contributed by atoms with E-state index in [2.05, 4.69) is 20.3 Å². The lowest BCUT2D eigenvalue weighted by Crippen LogP contribution is -2.23. The maximum Gasteiger partial charge on any atom is 0.231 e. The zero-order valence-electron chi connectivity index (χ0n) is 20.0. The molecule has 12 heteroatoms. The van der Waals surface area contributed by atoms with Crippen molar-refractivity contribution >= 4 is 44.5 Å². The first-order chi connectivity index (χ1) is 16.8. The largest absolute Gasteiger partial charge is 0.383 e. The molecule has 5 rings (SSSR count). The summed E-state index contributed by atoms with van der Waals surface area (Å²) in [5, 5.41) is 8.03. The lowest BCUT2D eigenvalue weighted by atomic mass is 9.99. The maximum atomic E-state index is 14.7. The molecule has 4 aromatic rings. The van der Waals surface area contributed by atoms with Crippen LogP contribution in [-0.4, -0.2) is 40.6 Å². The highest BCUT2D eigenvalue weighted by Crippen LogP contribution is 2.38. The zero-order chi connectivity index (χ0) is 26.0. The number of nitrogens with two attached hydrogens (primary N) is 1. The van der Waals surface area contributed by atoms with E-state index in [0.29, 0.717) is 33.4 Å². The summed E-state index contributed by atoms with van der Waals surface area (Å²) in [7, 11) is -3.57. The molecule has 0 amide bonds. The standard InChI is InChI=1S/C24H23F2N7O2S/c1-24(2,3)33-22-19(20(32-33)13-6-7-16(25)15-11-28-10-14(13)15)21(27)30-23(31-22)29-18-8-5-12(9-17(18)26)36(4,34)35/h5-10H,11H2,1-4H3,(H3,27,29,30,31). The second-order valence-corrected chi connectivity index (χ2v) is 11.6. The summed E-state index contributed by atoms with van der Waals surface area (Å²) in [6, 6.07) is 6.51. The Labute approximate surface area is 206 Å². The third-order valence-corrected chi connectivity index (χ3v) is 6.94. The number of nitrogen functional groups attached to an aromatic ring is 1. The summed E-state index contributed by atoms with van der Waals surface area (Å²) >= 11 is 0. The number of nitrogens with zero attached hydrogens (tertiary/aromatic N) is 5. The van der Waals surface area contributed by atoms with Crippen LogP contribution in [0.1, 0.15) is 31.9 Å². The van der Waals surface area contributed by atoms with Gasteiger partial charge in [0.05, 0.1) is 28.1 Å². The van der Waals surface area contributed by atoms with Crippen LogP contribution in [0.4, 0.5) is 26.2 Å². The number of anilines is 3. The average molecular weight is 512 g/mol. The van der Waals surface area contributed by atoms with Gasteiger partial charge < -0.3 is 11.1 Å². The molecule has 9 nitrogen and oxygen atoms in total. The first-order valence-corrected chi connectivity index (χ1v) is 12.9. The maximum absolute atomic E-state index is 14.7. The monoisotopic (exact) mass is 511 g/mol. The van der Waals surface area contributed by atoms with Crippen molar-refractivity contribution in [2.75, 3.05) is 17.3 Å². The van der Waals surface area contributed by atoms with Gasteiger partial charge >= 0.3 is 0 Å². The molecule has 2 aromatic heterocycles. The van der Waals surface area contributed by atoms with Crippen LogP contribution >= 0.6 is 0 Å². The molecular weight excluding hydrogens is 488 g/mol. The zero-order valence-corrected chi connectivity index (χ0v) is 20.8. The number of benzene rings is 2. The molecule has 186 valence electrons. The van der Waals surface area contributed by atoms with E-state index in [9.17, 15) is 17.2 Å². The van der Waals surface area contributed by atoms with E-state index in [1.54, 1.807) is 17.0 Å². The van der Waals surface area contributed by atoms with E-state index in [1.165, 1.54) is 18.2 Å². The number of fused-ring (bicyclic) bond motifs is 2. The Morgan fingerprint density at radius 1 is 1.08 bits per heavy atom. The summed E-state index contributed by atoms with van der Waals surface area (Å²) in [6.07, 6.45) is 2.62. The van der Waals surface area contributed by atoms with Crippen LogP contribution in [0, 0.1) is 11.6 Å². The molecular formula is C24H23F2N7O2S. The number of nitrogens with one attached hydrogen (secondary N) is 1. The first-order valence-electron chi connectivity index (χ1n) is 11.0. The fourth-order valence-electron chi connectivity index (χ4n) is 4.08. The smallest absolute Gasteiger partial charge is 0.231 e. The van der Waals surface area contributed by atoms with E-state index in [1.807, 2.05) is 20.8 Å². The summed E-state index contributed by atoms with van der Waals surface area (Å²) in [5.41, 5.74) is 8.48. The third-order valence-electron chi connectivity index (χ3n) is 5.83. The Hall–Kier alpha value is -3.93. The van der Waals surface area contributed by atoms with Gasteiger partial charge in [-0.3, -0.25) is 4.99 Å². The molecule has 0 aliphatic carbocycles. The summed E-state index contributed by atoms with van der Waals surface area (Å²) in [4.78, 5) is 12.9. The fraction of sp³-hybridized carbons (Fsp3) is 0.250. The predicted octanol–water partition coefficient (Wildman–Crippen LogP) is 4.19. The van der Waals surface area contributed by atoms with Gasteiger partial charge in [0.2, 0.25) is 5.95 Å². The van der Waals surface area contributed by atoms with E-state index in [4.69, 9.17) is 10.8 Å². The van der Waals surface area contributed by atoms with E-state index in [0.717, 1.165) is 12.3 Å². The molecule has 0 unspecified atom stereocenters. The Kier molecular flexibility index (Phi) is 5.32. The molecule has 3 N–H and O–H groups in total. The van der Waals surface area contributed by atoms with Crippen LogP contribution in [-0.2, 0) is 21.9 Å². The Morgan fingerprint density at radius 3 is 2.50 bits per heavy atom. The van der Waals surface area contributed by atoms with Gasteiger partial charge in [0.15, 0.2) is 15.5 Å². The fourth-order valence-corrected chi connectivity index (χ4v) is 4.72. The first kappa shape index (κ1) is 23.8. The molecule has 0 spiro atoms. The van der Waals surface area contributed by atoms with Gasteiger partial charge in [-0.2, -0.15) is 15.1 Å². The highest BCUT2D eigenvalue weighted by Gasteiger charge is 2.28. The third kappa shape index (κ3) is 3.96. The van der Waals surface area contributed by atoms with Crippen molar-refractivity contribution in [3.63, 3.8) is 0 Å². The number of sulfone groups is 1. The van der Waals surface area contributed by atoms with Crippen molar-refractivity contribution < 1.29 is 17.2 Å². The van der Waals surface area contributed by atoms with Crippen LogP contribution in [0.3, 0.4) is 0 Å². The lowest BCUT2D eigenvalue weighted by molar-refractivity contribution is 0.367. The Bertz CT molecular complexity index is 1690. The minimum Gasteiger partial charge on any atom is -0.383 e. The number of hydrogen-bond acceptors (Lipinski definition) is 8. The summed E-state index contributed by atoms with van der Waals surface area (Å²) in [5.74, 6) is -1.03. The van der Waals surface area contributed by atoms with Crippen LogP contribution in [0.2, 0.25) is 0 Å². The van der Waals surface area contributed by atoms with Gasteiger partial charge in [-0.05, 0) is 51.1 Å². The van der Waals surface area contributed by atoms with Crippen molar-refractivity contribution in [1.29, 1.82) is 0 Å². The second kappa shape index (κ2) is 8.05. The predicted molar refractivity (Wildman–Crippen MR) is 134 cm³/mol. The van der Waals surface area contributed by atoms with Gasteiger partial charge in [-0.15, -0.1) is 0 Å². The molecule has 0 bridgehead atoms. The van der Waals surface area contributed by atoms with Crippen LogP contribution in [0.5, 0.6) is 0 Å². The molecule has 0 saturated carbocycles. The van der Waals surface area contributed by atoms with Crippen molar-refractivity contribution in [3.8, 4) is 11.3 Å². The molecule has 0 fully saturated rings. The van der Waals surface area contributed by atoms with Crippen molar-refractivity contribution in [3.05, 3.63) is 53.1 Å². The van der Waals surface area contributed by atoms with Crippen LogP contribution in [0.25, 0.3) is 22.3 Å². The molecule has 36 heavy (non-hydrogen) atoms.